The minimum absolute atomic E-state index is 0.0194. The molecular weight excluding hydrogens is 239 g/mol. The minimum atomic E-state index is -4.25. The first-order chi connectivity index (χ1) is 7.42. The number of rotatable bonds is 5. The predicted molar refractivity (Wildman–Crippen MR) is 57.5 cm³/mol. The van der Waals surface area contributed by atoms with Crippen LogP contribution in [0.2, 0.25) is 0 Å². The third-order valence-corrected chi connectivity index (χ3v) is 3.04. The second-order valence-electron chi connectivity index (χ2n) is 3.43. The van der Waals surface area contributed by atoms with Crippen molar-refractivity contribution in [3.05, 3.63) is 21.4 Å². The van der Waals surface area contributed by atoms with Gasteiger partial charge in [0, 0.05) is 16.3 Å². The molecule has 0 fully saturated rings. The molecule has 0 amide bonds. The number of hydrogen-bond donors (Lipinski definition) is 1. The monoisotopic (exact) mass is 253 g/mol. The fraction of sp³-hybridized carbons (Fsp3) is 0.600. The average Bonchev–Trinajstić information content (AvgIpc) is 2.45. The van der Waals surface area contributed by atoms with Gasteiger partial charge in [0.05, 0.1) is 6.61 Å². The fourth-order valence-corrected chi connectivity index (χ4v) is 2.33. The first kappa shape index (κ1) is 13.5. The second-order valence-corrected chi connectivity index (χ2v) is 4.77. The molecule has 2 nitrogen and oxygen atoms in total. The molecule has 0 aliphatic rings. The van der Waals surface area contributed by atoms with E-state index in [4.69, 9.17) is 0 Å². The zero-order valence-corrected chi connectivity index (χ0v) is 9.97. The van der Waals surface area contributed by atoms with E-state index in [-0.39, 0.29) is 6.61 Å². The molecular formula is C10H14F3NOS. The van der Waals surface area contributed by atoms with Gasteiger partial charge in [0.2, 0.25) is 0 Å². The van der Waals surface area contributed by atoms with Crippen LogP contribution in [0.1, 0.15) is 15.3 Å². The lowest BCUT2D eigenvalue weighted by Gasteiger charge is -2.06. The van der Waals surface area contributed by atoms with Crippen LogP contribution in [0, 0.1) is 6.92 Å². The maximum Gasteiger partial charge on any atom is 0.411 e. The number of ether oxygens (including phenoxy) is 1. The standard InChI is InChI=1S/C10H14F3NOS/c1-7-8(3-9(16-7)4-14-2)5-15-6-10(11,12)13/h3,14H,4-6H2,1-2H3. The number of alkyl halides is 3. The van der Waals surface area contributed by atoms with Crippen LogP contribution in [-0.4, -0.2) is 19.8 Å². The summed E-state index contributed by atoms with van der Waals surface area (Å²) in [6.45, 7) is 1.44. The van der Waals surface area contributed by atoms with E-state index in [0.717, 1.165) is 21.9 Å². The molecule has 0 spiro atoms. The van der Waals surface area contributed by atoms with Crippen molar-refractivity contribution in [1.29, 1.82) is 0 Å². The summed E-state index contributed by atoms with van der Waals surface area (Å²) in [5, 5.41) is 2.99. The number of thiophene rings is 1. The minimum Gasteiger partial charge on any atom is -0.367 e. The molecule has 0 aliphatic carbocycles. The van der Waals surface area contributed by atoms with Crippen LogP contribution in [0.15, 0.2) is 6.07 Å². The van der Waals surface area contributed by atoms with Gasteiger partial charge in [0.25, 0.3) is 0 Å². The lowest BCUT2D eigenvalue weighted by molar-refractivity contribution is -0.176. The molecule has 0 atom stereocenters. The highest BCUT2D eigenvalue weighted by molar-refractivity contribution is 7.12. The summed E-state index contributed by atoms with van der Waals surface area (Å²) in [4.78, 5) is 2.11. The van der Waals surface area contributed by atoms with Crippen molar-refractivity contribution in [3.63, 3.8) is 0 Å². The van der Waals surface area contributed by atoms with Gasteiger partial charge in [-0.25, -0.2) is 0 Å². The lowest BCUT2D eigenvalue weighted by atomic mass is 10.2. The van der Waals surface area contributed by atoms with Crippen molar-refractivity contribution < 1.29 is 17.9 Å². The molecule has 0 saturated carbocycles. The van der Waals surface area contributed by atoms with E-state index < -0.39 is 12.8 Å². The molecule has 0 bridgehead atoms. The van der Waals surface area contributed by atoms with E-state index in [2.05, 4.69) is 10.1 Å². The summed E-state index contributed by atoms with van der Waals surface area (Å²) in [5.41, 5.74) is 0.833. The third kappa shape index (κ3) is 4.51. The highest BCUT2D eigenvalue weighted by Gasteiger charge is 2.27. The normalized spacial score (nSPS) is 12.1. The smallest absolute Gasteiger partial charge is 0.367 e. The van der Waals surface area contributed by atoms with E-state index in [9.17, 15) is 13.2 Å². The van der Waals surface area contributed by atoms with E-state index in [0.29, 0.717) is 0 Å². The van der Waals surface area contributed by atoms with E-state index in [1.165, 1.54) is 0 Å². The van der Waals surface area contributed by atoms with Crippen LogP contribution in [0.25, 0.3) is 0 Å². The molecule has 0 aliphatic heterocycles. The maximum absolute atomic E-state index is 11.9. The van der Waals surface area contributed by atoms with Crippen molar-refractivity contribution in [2.45, 2.75) is 26.3 Å². The van der Waals surface area contributed by atoms with Gasteiger partial charge in [-0.3, -0.25) is 0 Å². The second kappa shape index (κ2) is 5.65. The van der Waals surface area contributed by atoms with Gasteiger partial charge in [-0.2, -0.15) is 13.2 Å². The molecule has 0 radical (unpaired) electrons. The summed E-state index contributed by atoms with van der Waals surface area (Å²) in [6.07, 6.45) is -4.25. The van der Waals surface area contributed by atoms with Gasteiger partial charge in [-0.15, -0.1) is 11.3 Å². The highest BCUT2D eigenvalue weighted by atomic mass is 32.1. The zero-order valence-electron chi connectivity index (χ0n) is 9.15. The van der Waals surface area contributed by atoms with Crippen molar-refractivity contribution >= 4 is 11.3 Å². The van der Waals surface area contributed by atoms with Crippen LogP contribution in [0.3, 0.4) is 0 Å². The highest BCUT2D eigenvalue weighted by Crippen LogP contribution is 2.23. The third-order valence-electron chi connectivity index (χ3n) is 1.95. The van der Waals surface area contributed by atoms with Crippen LogP contribution in [0.4, 0.5) is 13.2 Å². The summed E-state index contributed by atoms with van der Waals surface area (Å²) in [5.74, 6) is 0. The summed E-state index contributed by atoms with van der Waals surface area (Å²) >= 11 is 1.57. The number of hydrogen-bond acceptors (Lipinski definition) is 3. The number of aryl methyl sites for hydroxylation is 1. The number of halogens is 3. The largest absolute Gasteiger partial charge is 0.411 e. The van der Waals surface area contributed by atoms with Gasteiger partial charge in [0.1, 0.15) is 6.61 Å². The van der Waals surface area contributed by atoms with Crippen LogP contribution in [0.5, 0.6) is 0 Å². The quantitative estimate of drug-likeness (QED) is 0.871. The first-order valence-electron chi connectivity index (χ1n) is 4.79. The number of nitrogens with one attached hydrogen (secondary N) is 1. The van der Waals surface area contributed by atoms with Crippen LogP contribution < -0.4 is 5.32 Å². The zero-order chi connectivity index (χ0) is 12.2. The average molecular weight is 253 g/mol. The molecule has 0 saturated heterocycles. The molecule has 1 aromatic rings. The Morgan fingerprint density at radius 3 is 2.69 bits per heavy atom. The molecule has 92 valence electrons. The molecule has 6 heteroatoms. The molecule has 1 aromatic heterocycles. The molecule has 1 rings (SSSR count). The predicted octanol–water partition coefficient (Wildman–Crippen LogP) is 2.85. The Morgan fingerprint density at radius 2 is 2.12 bits per heavy atom. The molecule has 1 heterocycles. The molecule has 16 heavy (non-hydrogen) atoms. The maximum atomic E-state index is 11.9. The van der Waals surface area contributed by atoms with Crippen molar-refractivity contribution in [2.75, 3.05) is 13.7 Å². The van der Waals surface area contributed by atoms with Crippen LogP contribution >= 0.6 is 11.3 Å². The summed E-state index contributed by atoms with van der Waals surface area (Å²) < 4.78 is 40.2. The van der Waals surface area contributed by atoms with Gasteiger partial charge < -0.3 is 10.1 Å². The Labute approximate surface area is 96.4 Å². The first-order valence-corrected chi connectivity index (χ1v) is 5.61. The molecule has 0 aromatic carbocycles. The topological polar surface area (TPSA) is 21.3 Å². The van der Waals surface area contributed by atoms with Gasteiger partial charge >= 0.3 is 6.18 Å². The molecule has 1 N–H and O–H groups in total. The fourth-order valence-electron chi connectivity index (χ4n) is 1.27. The Hall–Kier alpha value is -0.590. The Bertz CT molecular complexity index is 335. The van der Waals surface area contributed by atoms with Crippen LogP contribution in [-0.2, 0) is 17.9 Å². The Morgan fingerprint density at radius 1 is 1.44 bits per heavy atom. The Kier molecular flexibility index (Phi) is 4.76. The lowest BCUT2D eigenvalue weighted by Crippen LogP contribution is -2.16. The van der Waals surface area contributed by atoms with Gasteiger partial charge in [0.15, 0.2) is 0 Å². The summed E-state index contributed by atoms with van der Waals surface area (Å²) in [7, 11) is 1.83. The SMILES string of the molecule is CNCc1cc(COCC(F)(F)F)c(C)s1. The van der Waals surface area contributed by atoms with Gasteiger partial charge in [-0.1, -0.05) is 0 Å². The Balaban J connectivity index is 2.47. The van der Waals surface area contributed by atoms with Crippen molar-refractivity contribution in [1.82, 2.24) is 5.32 Å². The van der Waals surface area contributed by atoms with E-state index in [1.54, 1.807) is 11.3 Å². The van der Waals surface area contributed by atoms with Crippen molar-refractivity contribution in [3.8, 4) is 0 Å². The summed E-state index contributed by atoms with van der Waals surface area (Å²) in [6, 6.07) is 1.88. The van der Waals surface area contributed by atoms with Crippen molar-refractivity contribution in [2.24, 2.45) is 0 Å². The van der Waals surface area contributed by atoms with Gasteiger partial charge in [-0.05, 0) is 25.6 Å². The van der Waals surface area contributed by atoms with E-state index >= 15 is 0 Å². The van der Waals surface area contributed by atoms with E-state index in [1.807, 2.05) is 20.0 Å². The molecule has 0 unspecified atom stereocenters.